The molecule has 2 heterocycles. The van der Waals surface area contributed by atoms with E-state index in [1.165, 1.54) is 36.3 Å². The van der Waals surface area contributed by atoms with Gasteiger partial charge in [0.2, 0.25) is 0 Å². The van der Waals surface area contributed by atoms with Crippen LogP contribution in [0.5, 0.6) is 0 Å². The highest BCUT2D eigenvalue weighted by Crippen LogP contribution is 2.12. The van der Waals surface area contributed by atoms with Gasteiger partial charge in [0.1, 0.15) is 0 Å². The highest BCUT2D eigenvalue weighted by Gasteiger charge is 2.15. The highest BCUT2D eigenvalue weighted by molar-refractivity contribution is 5.22. The van der Waals surface area contributed by atoms with E-state index in [2.05, 4.69) is 71.1 Å². The van der Waals surface area contributed by atoms with Crippen molar-refractivity contribution < 1.29 is 0 Å². The fraction of sp³-hybridized carbons (Fsp3) is 0.476. The van der Waals surface area contributed by atoms with Gasteiger partial charge in [0, 0.05) is 31.9 Å². The zero-order chi connectivity index (χ0) is 16.8. The Hall–Kier alpha value is -1.71. The lowest BCUT2D eigenvalue weighted by Crippen LogP contribution is -2.30. The average Bonchev–Trinajstić information content (AvgIpc) is 2.81. The molecule has 0 unspecified atom stereocenters. The lowest BCUT2D eigenvalue weighted by atomic mass is 10.1. The molecule has 2 aromatic rings. The molecule has 0 amide bonds. The van der Waals surface area contributed by atoms with Gasteiger partial charge in [-0.05, 0) is 56.1 Å². The molecular weight excluding hydrogens is 294 g/mol. The Kier molecular flexibility index (Phi) is 6.00. The second-order valence-corrected chi connectivity index (χ2v) is 6.85. The molecule has 3 rings (SSSR count). The Morgan fingerprint density at radius 3 is 2.17 bits per heavy atom. The van der Waals surface area contributed by atoms with Crippen molar-refractivity contribution in [1.29, 1.82) is 0 Å². The SMILES string of the molecule is CCc1ccc(CN2CCCN(Cc3cccc(C)n3)CC2)cc1. The quantitative estimate of drug-likeness (QED) is 0.837. The zero-order valence-corrected chi connectivity index (χ0v) is 15.0. The van der Waals surface area contributed by atoms with Crippen molar-refractivity contribution in [3.8, 4) is 0 Å². The average molecular weight is 323 g/mol. The third kappa shape index (κ3) is 4.89. The van der Waals surface area contributed by atoms with Crippen LogP contribution in [0.2, 0.25) is 0 Å². The number of benzene rings is 1. The summed E-state index contributed by atoms with van der Waals surface area (Å²) >= 11 is 0. The number of rotatable bonds is 5. The lowest BCUT2D eigenvalue weighted by Gasteiger charge is -2.22. The van der Waals surface area contributed by atoms with Gasteiger partial charge in [-0.15, -0.1) is 0 Å². The smallest absolute Gasteiger partial charge is 0.0547 e. The molecule has 1 saturated heterocycles. The van der Waals surface area contributed by atoms with E-state index in [4.69, 9.17) is 0 Å². The minimum absolute atomic E-state index is 0.973. The summed E-state index contributed by atoms with van der Waals surface area (Å²) in [7, 11) is 0. The van der Waals surface area contributed by atoms with Crippen LogP contribution in [0, 0.1) is 6.92 Å². The van der Waals surface area contributed by atoms with E-state index in [9.17, 15) is 0 Å². The van der Waals surface area contributed by atoms with E-state index in [-0.39, 0.29) is 0 Å². The molecule has 1 aliphatic heterocycles. The molecule has 0 radical (unpaired) electrons. The van der Waals surface area contributed by atoms with Crippen LogP contribution in [-0.2, 0) is 19.5 Å². The second-order valence-electron chi connectivity index (χ2n) is 6.85. The van der Waals surface area contributed by atoms with Crippen molar-refractivity contribution >= 4 is 0 Å². The van der Waals surface area contributed by atoms with E-state index >= 15 is 0 Å². The molecule has 3 heteroatoms. The molecule has 1 aromatic carbocycles. The van der Waals surface area contributed by atoms with Gasteiger partial charge in [-0.3, -0.25) is 14.8 Å². The molecule has 0 N–H and O–H groups in total. The zero-order valence-electron chi connectivity index (χ0n) is 15.0. The van der Waals surface area contributed by atoms with Crippen molar-refractivity contribution in [2.75, 3.05) is 26.2 Å². The molecule has 1 aliphatic rings. The number of nitrogens with zero attached hydrogens (tertiary/aromatic N) is 3. The van der Waals surface area contributed by atoms with Crippen LogP contribution in [0.3, 0.4) is 0 Å². The van der Waals surface area contributed by atoms with Crippen LogP contribution in [-0.4, -0.2) is 41.0 Å². The van der Waals surface area contributed by atoms with Crippen LogP contribution in [0.25, 0.3) is 0 Å². The van der Waals surface area contributed by atoms with Gasteiger partial charge in [-0.2, -0.15) is 0 Å². The molecule has 0 atom stereocenters. The minimum Gasteiger partial charge on any atom is -0.298 e. The van der Waals surface area contributed by atoms with Gasteiger partial charge in [0.25, 0.3) is 0 Å². The molecule has 3 nitrogen and oxygen atoms in total. The van der Waals surface area contributed by atoms with E-state index in [1.807, 2.05) is 0 Å². The fourth-order valence-corrected chi connectivity index (χ4v) is 3.40. The standard InChI is InChI=1S/C21H29N3/c1-3-19-8-10-20(11-9-19)16-23-12-5-13-24(15-14-23)17-21-7-4-6-18(2)22-21/h4,6-11H,3,5,12-17H2,1-2H3. The predicted molar refractivity (Wildman–Crippen MR) is 100.0 cm³/mol. The van der Waals surface area contributed by atoms with Crippen molar-refractivity contribution in [1.82, 2.24) is 14.8 Å². The van der Waals surface area contributed by atoms with Gasteiger partial charge < -0.3 is 0 Å². The van der Waals surface area contributed by atoms with Crippen LogP contribution < -0.4 is 0 Å². The second kappa shape index (κ2) is 8.41. The molecule has 0 spiro atoms. The summed E-state index contributed by atoms with van der Waals surface area (Å²) in [6.45, 7) is 10.9. The van der Waals surface area contributed by atoms with E-state index in [1.54, 1.807) is 0 Å². The molecule has 0 aliphatic carbocycles. The lowest BCUT2D eigenvalue weighted by molar-refractivity contribution is 0.245. The number of aromatic nitrogens is 1. The first-order valence-electron chi connectivity index (χ1n) is 9.18. The number of pyridine rings is 1. The van der Waals surface area contributed by atoms with E-state index in [0.717, 1.165) is 38.3 Å². The number of hydrogen-bond acceptors (Lipinski definition) is 3. The molecule has 0 bridgehead atoms. The van der Waals surface area contributed by atoms with Crippen LogP contribution in [0.1, 0.15) is 35.9 Å². The van der Waals surface area contributed by atoms with Crippen molar-refractivity contribution in [2.45, 2.75) is 39.8 Å². The number of aryl methyl sites for hydroxylation is 2. The monoisotopic (exact) mass is 323 g/mol. The van der Waals surface area contributed by atoms with Crippen LogP contribution in [0.4, 0.5) is 0 Å². The van der Waals surface area contributed by atoms with E-state index in [0.29, 0.717) is 0 Å². The summed E-state index contributed by atoms with van der Waals surface area (Å²) in [4.78, 5) is 9.78. The molecule has 1 aromatic heterocycles. The summed E-state index contributed by atoms with van der Waals surface area (Å²) in [5.74, 6) is 0. The van der Waals surface area contributed by atoms with Crippen LogP contribution >= 0.6 is 0 Å². The van der Waals surface area contributed by atoms with Crippen molar-refractivity contribution in [3.05, 3.63) is 65.0 Å². The third-order valence-electron chi connectivity index (χ3n) is 4.85. The molecule has 1 fully saturated rings. The summed E-state index contributed by atoms with van der Waals surface area (Å²) < 4.78 is 0. The molecule has 128 valence electrons. The summed E-state index contributed by atoms with van der Waals surface area (Å²) in [6.07, 6.45) is 2.35. The fourth-order valence-electron chi connectivity index (χ4n) is 3.40. The molecule has 24 heavy (non-hydrogen) atoms. The largest absolute Gasteiger partial charge is 0.298 e. The van der Waals surface area contributed by atoms with E-state index < -0.39 is 0 Å². The van der Waals surface area contributed by atoms with Gasteiger partial charge in [-0.1, -0.05) is 37.3 Å². The maximum absolute atomic E-state index is 4.65. The topological polar surface area (TPSA) is 19.4 Å². The summed E-state index contributed by atoms with van der Waals surface area (Å²) in [6, 6.07) is 15.4. The van der Waals surface area contributed by atoms with Gasteiger partial charge >= 0.3 is 0 Å². The number of hydrogen-bond donors (Lipinski definition) is 0. The predicted octanol–water partition coefficient (Wildman–Crippen LogP) is 3.66. The Bertz CT molecular complexity index is 636. The highest BCUT2D eigenvalue weighted by atomic mass is 15.2. The first-order valence-corrected chi connectivity index (χ1v) is 9.18. The van der Waals surface area contributed by atoms with Crippen molar-refractivity contribution in [3.63, 3.8) is 0 Å². The summed E-state index contributed by atoms with van der Waals surface area (Å²) in [5.41, 5.74) is 5.16. The van der Waals surface area contributed by atoms with Gasteiger partial charge in [0.05, 0.1) is 5.69 Å². The van der Waals surface area contributed by atoms with Gasteiger partial charge in [0.15, 0.2) is 0 Å². The Labute approximate surface area is 146 Å². The first-order chi connectivity index (χ1) is 11.7. The molecular formula is C21H29N3. The van der Waals surface area contributed by atoms with Crippen molar-refractivity contribution in [2.24, 2.45) is 0 Å². The maximum atomic E-state index is 4.65. The summed E-state index contributed by atoms with van der Waals surface area (Å²) in [5, 5.41) is 0. The Morgan fingerprint density at radius 1 is 0.833 bits per heavy atom. The maximum Gasteiger partial charge on any atom is 0.0547 e. The van der Waals surface area contributed by atoms with Gasteiger partial charge in [-0.25, -0.2) is 0 Å². The normalized spacial score (nSPS) is 16.9. The Morgan fingerprint density at radius 2 is 1.50 bits per heavy atom. The minimum atomic E-state index is 0.973. The third-order valence-corrected chi connectivity index (χ3v) is 4.85. The first kappa shape index (κ1) is 17.1. The molecule has 0 saturated carbocycles. The Balaban J connectivity index is 1.52. The van der Waals surface area contributed by atoms with Crippen LogP contribution in [0.15, 0.2) is 42.5 Å².